The van der Waals surface area contributed by atoms with E-state index in [0.29, 0.717) is 12.6 Å². The molecule has 19 heavy (non-hydrogen) atoms. The molecule has 2 aromatic rings. The average molecular weight is 260 g/mol. The van der Waals surface area contributed by atoms with Gasteiger partial charge in [0.1, 0.15) is 0 Å². The summed E-state index contributed by atoms with van der Waals surface area (Å²) in [7, 11) is 0. The van der Waals surface area contributed by atoms with Crippen LogP contribution in [0.25, 0.3) is 0 Å². The highest BCUT2D eigenvalue weighted by Gasteiger charge is 2.08. The second kappa shape index (κ2) is 5.73. The van der Waals surface area contributed by atoms with Gasteiger partial charge >= 0.3 is 0 Å². The van der Waals surface area contributed by atoms with Gasteiger partial charge in [0.05, 0.1) is 24.0 Å². The van der Waals surface area contributed by atoms with Crippen LogP contribution in [-0.4, -0.2) is 14.3 Å². The summed E-state index contributed by atoms with van der Waals surface area (Å²) in [5, 5.41) is 4.53. The van der Waals surface area contributed by atoms with Crippen molar-refractivity contribution >= 4 is 5.69 Å². The van der Waals surface area contributed by atoms with E-state index in [1.54, 1.807) is 22.9 Å². The number of hydrogen-bond donors (Lipinski definition) is 1. The third kappa shape index (κ3) is 2.86. The van der Waals surface area contributed by atoms with Crippen molar-refractivity contribution in [2.75, 3.05) is 5.73 Å². The van der Waals surface area contributed by atoms with Gasteiger partial charge in [-0.05, 0) is 31.0 Å². The normalized spacial score (nSPS) is 11.1. The van der Waals surface area contributed by atoms with Crippen LogP contribution in [0.4, 0.5) is 5.69 Å². The van der Waals surface area contributed by atoms with E-state index in [4.69, 9.17) is 5.73 Å². The van der Waals surface area contributed by atoms with Crippen molar-refractivity contribution in [1.29, 1.82) is 0 Å². The summed E-state index contributed by atoms with van der Waals surface area (Å²) in [6.07, 6.45) is 5.81. The van der Waals surface area contributed by atoms with E-state index in [1.165, 1.54) is 0 Å². The maximum Gasteiger partial charge on any atom is 0.274 e. The second-order valence-corrected chi connectivity index (χ2v) is 4.65. The van der Waals surface area contributed by atoms with Gasteiger partial charge in [-0.3, -0.25) is 9.48 Å². The van der Waals surface area contributed by atoms with Gasteiger partial charge in [0.15, 0.2) is 0 Å². The molecule has 0 fully saturated rings. The number of aromatic nitrogens is 3. The lowest BCUT2D eigenvalue weighted by atomic mass is 10.2. The molecule has 5 nitrogen and oxygen atoms in total. The van der Waals surface area contributed by atoms with Gasteiger partial charge in [0.25, 0.3) is 5.56 Å². The van der Waals surface area contributed by atoms with Gasteiger partial charge in [0, 0.05) is 12.4 Å². The number of pyridine rings is 1. The van der Waals surface area contributed by atoms with E-state index in [-0.39, 0.29) is 11.2 Å². The van der Waals surface area contributed by atoms with Gasteiger partial charge in [-0.25, -0.2) is 0 Å². The Balaban J connectivity index is 2.20. The molecule has 2 aromatic heterocycles. The Hall–Kier alpha value is -2.04. The lowest BCUT2D eigenvalue weighted by Crippen LogP contribution is -2.22. The lowest BCUT2D eigenvalue weighted by Gasteiger charge is -2.12. The van der Waals surface area contributed by atoms with E-state index < -0.39 is 0 Å². The Bertz CT molecular complexity index is 595. The molecule has 0 saturated heterocycles. The molecule has 0 aromatic carbocycles. The minimum atomic E-state index is -0.167. The summed E-state index contributed by atoms with van der Waals surface area (Å²) >= 11 is 0. The summed E-state index contributed by atoms with van der Waals surface area (Å²) in [5.74, 6) is 0. The minimum absolute atomic E-state index is 0.167. The van der Waals surface area contributed by atoms with E-state index in [9.17, 15) is 4.79 Å². The molecule has 0 aliphatic heterocycles. The number of rotatable bonds is 5. The average Bonchev–Trinajstić information content (AvgIpc) is 2.85. The van der Waals surface area contributed by atoms with Crippen molar-refractivity contribution < 1.29 is 0 Å². The number of nitrogens with two attached hydrogens (primary N) is 1. The first-order chi connectivity index (χ1) is 9.15. The highest BCUT2D eigenvalue weighted by atomic mass is 16.1. The maximum absolute atomic E-state index is 11.8. The molecule has 2 heterocycles. The maximum atomic E-state index is 11.8. The van der Waals surface area contributed by atoms with Gasteiger partial charge in [-0.1, -0.05) is 13.8 Å². The minimum Gasteiger partial charge on any atom is -0.394 e. The molecule has 0 spiro atoms. The van der Waals surface area contributed by atoms with E-state index in [2.05, 4.69) is 18.9 Å². The van der Waals surface area contributed by atoms with Crippen LogP contribution in [0, 0.1) is 0 Å². The van der Waals surface area contributed by atoms with E-state index in [0.717, 1.165) is 18.5 Å². The van der Waals surface area contributed by atoms with Crippen molar-refractivity contribution in [3.8, 4) is 0 Å². The monoisotopic (exact) mass is 260 g/mol. The zero-order valence-corrected chi connectivity index (χ0v) is 11.4. The summed E-state index contributed by atoms with van der Waals surface area (Å²) in [5.41, 5.74) is 6.59. The predicted octanol–water partition coefficient (Wildman–Crippen LogP) is 2.04. The zero-order valence-electron chi connectivity index (χ0n) is 11.4. The molecule has 0 amide bonds. The smallest absolute Gasteiger partial charge is 0.274 e. The van der Waals surface area contributed by atoms with Crippen LogP contribution < -0.4 is 11.3 Å². The highest BCUT2D eigenvalue weighted by molar-refractivity contribution is 5.33. The largest absolute Gasteiger partial charge is 0.394 e. The summed E-state index contributed by atoms with van der Waals surface area (Å²) in [6, 6.07) is 5.76. The molecule has 2 rings (SSSR count). The Morgan fingerprint density at radius 2 is 2.00 bits per heavy atom. The van der Waals surface area contributed by atoms with Crippen molar-refractivity contribution in [3.05, 3.63) is 46.6 Å². The first-order valence-corrected chi connectivity index (χ1v) is 6.64. The Labute approximate surface area is 112 Å². The second-order valence-electron chi connectivity index (χ2n) is 4.65. The van der Waals surface area contributed by atoms with Crippen LogP contribution in [0.15, 0.2) is 35.4 Å². The number of nitrogen functional groups attached to an aromatic ring is 1. The van der Waals surface area contributed by atoms with Crippen molar-refractivity contribution in [2.45, 2.75) is 39.3 Å². The molecule has 0 aliphatic rings. The Morgan fingerprint density at radius 3 is 2.68 bits per heavy atom. The van der Waals surface area contributed by atoms with Gasteiger partial charge in [0.2, 0.25) is 0 Å². The highest BCUT2D eigenvalue weighted by Crippen LogP contribution is 2.14. The topological polar surface area (TPSA) is 65.8 Å². The van der Waals surface area contributed by atoms with Crippen LogP contribution in [0.5, 0.6) is 0 Å². The standard InChI is InChI=1S/C14H20N4O/c1-3-12(4-2)18-9-7-11(16-18)10-17-8-5-6-13(15)14(17)19/h5-9,12H,3-4,10,15H2,1-2H3. The molecule has 102 valence electrons. The van der Waals surface area contributed by atoms with E-state index in [1.807, 2.05) is 16.9 Å². The van der Waals surface area contributed by atoms with Crippen LogP contribution in [-0.2, 0) is 6.54 Å². The molecule has 0 saturated carbocycles. The van der Waals surface area contributed by atoms with Crippen LogP contribution in [0.1, 0.15) is 38.4 Å². The summed E-state index contributed by atoms with van der Waals surface area (Å²) in [6.45, 7) is 4.76. The molecule has 5 heteroatoms. The van der Waals surface area contributed by atoms with Gasteiger partial charge in [-0.15, -0.1) is 0 Å². The quantitative estimate of drug-likeness (QED) is 0.894. The van der Waals surface area contributed by atoms with Crippen molar-refractivity contribution in [2.24, 2.45) is 0 Å². The van der Waals surface area contributed by atoms with E-state index >= 15 is 0 Å². The number of anilines is 1. The van der Waals surface area contributed by atoms with Gasteiger partial charge < -0.3 is 10.3 Å². The fourth-order valence-corrected chi connectivity index (χ4v) is 2.18. The zero-order chi connectivity index (χ0) is 13.8. The summed E-state index contributed by atoms with van der Waals surface area (Å²) < 4.78 is 3.56. The van der Waals surface area contributed by atoms with Crippen LogP contribution in [0.3, 0.4) is 0 Å². The van der Waals surface area contributed by atoms with Gasteiger partial charge in [-0.2, -0.15) is 5.10 Å². The molecular weight excluding hydrogens is 240 g/mol. The van der Waals surface area contributed by atoms with Crippen molar-refractivity contribution in [1.82, 2.24) is 14.3 Å². The fourth-order valence-electron chi connectivity index (χ4n) is 2.18. The molecule has 0 atom stereocenters. The Kier molecular flexibility index (Phi) is 4.04. The third-order valence-electron chi connectivity index (χ3n) is 3.36. The predicted molar refractivity (Wildman–Crippen MR) is 76.1 cm³/mol. The SMILES string of the molecule is CCC(CC)n1ccc(Cn2cccc(N)c2=O)n1. The first-order valence-electron chi connectivity index (χ1n) is 6.64. The summed E-state index contributed by atoms with van der Waals surface area (Å²) in [4.78, 5) is 11.8. The fraction of sp³-hybridized carbons (Fsp3) is 0.429. The van der Waals surface area contributed by atoms with Crippen LogP contribution >= 0.6 is 0 Å². The molecule has 0 bridgehead atoms. The molecular formula is C14H20N4O. The van der Waals surface area contributed by atoms with Crippen molar-refractivity contribution in [3.63, 3.8) is 0 Å². The number of hydrogen-bond acceptors (Lipinski definition) is 3. The molecule has 2 N–H and O–H groups in total. The number of nitrogens with zero attached hydrogens (tertiary/aromatic N) is 3. The lowest BCUT2D eigenvalue weighted by molar-refractivity contribution is 0.424. The third-order valence-corrected chi connectivity index (χ3v) is 3.36. The molecule has 0 radical (unpaired) electrons. The molecule has 0 unspecified atom stereocenters. The Morgan fingerprint density at radius 1 is 1.26 bits per heavy atom. The van der Waals surface area contributed by atoms with Crippen LogP contribution in [0.2, 0.25) is 0 Å². The first kappa shape index (κ1) is 13.4. The molecule has 0 aliphatic carbocycles.